The molecule has 0 aliphatic carbocycles. The van der Waals surface area contributed by atoms with Crippen LogP contribution in [0.1, 0.15) is 11.1 Å². The SMILES string of the molecule is FC(F)(F)c1ccccc1NCc1c[nH]c2ccccc12. The van der Waals surface area contributed by atoms with Crippen LogP contribution in [0.3, 0.4) is 0 Å². The number of benzene rings is 2. The summed E-state index contributed by atoms with van der Waals surface area (Å²) in [5.74, 6) is 0. The Kier molecular flexibility index (Phi) is 3.33. The van der Waals surface area contributed by atoms with E-state index in [0.29, 0.717) is 6.54 Å². The van der Waals surface area contributed by atoms with Crippen LogP contribution in [0.15, 0.2) is 54.7 Å². The van der Waals surface area contributed by atoms with Crippen LogP contribution in [-0.2, 0) is 12.7 Å². The van der Waals surface area contributed by atoms with Crippen LogP contribution >= 0.6 is 0 Å². The lowest BCUT2D eigenvalue weighted by molar-refractivity contribution is -0.136. The second-order valence-electron chi connectivity index (χ2n) is 4.76. The highest BCUT2D eigenvalue weighted by molar-refractivity contribution is 5.83. The van der Waals surface area contributed by atoms with Crippen molar-refractivity contribution in [2.75, 3.05) is 5.32 Å². The Bertz CT molecular complexity index is 759. The van der Waals surface area contributed by atoms with Crippen molar-refractivity contribution in [3.63, 3.8) is 0 Å². The topological polar surface area (TPSA) is 27.8 Å². The first-order valence-corrected chi connectivity index (χ1v) is 6.51. The molecule has 0 amide bonds. The van der Waals surface area contributed by atoms with Crippen LogP contribution < -0.4 is 5.32 Å². The fourth-order valence-electron chi connectivity index (χ4n) is 2.35. The van der Waals surface area contributed by atoms with Crippen molar-refractivity contribution >= 4 is 16.6 Å². The monoisotopic (exact) mass is 290 g/mol. The molecule has 5 heteroatoms. The molecule has 0 bridgehead atoms. The summed E-state index contributed by atoms with van der Waals surface area (Å²) >= 11 is 0. The molecule has 0 saturated carbocycles. The quantitative estimate of drug-likeness (QED) is 0.712. The lowest BCUT2D eigenvalue weighted by atomic mass is 10.1. The van der Waals surface area contributed by atoms with Crippen LogP contribution in [-0.4, -0.2) is 4.98 Å². The van der Waals surface area contributed by atoms with Gasteiger partial charge in [-0.25, -0.2) is 0 Å². The van der Waals surface area contributed by atoms with E-state index in [1.807, 2.05) is 30.5 Å². The predicted octanol–water partition coefficient (Wildman–Crippen LogP) is 4.80. The summed E-state index contributed by atoms with van der Waals surface area (Å²) in [6.45, 7) is 0.330. The van der Waals surface area contributed by atoms with E-state index in [9.17, 15) is 13.2 Å². The minimum absolute atomic E-state index is 0.0929. The summed E-state index contributed by atoms with van der Waals surface area (Å²) in [5.41, 5.74) is 1.35. The molecular weight excluding hydrogens is 277 g/mol. The van der Waals surface area contributed by atoms with Gasteiger partial charge in [0.05, 0.1) is 5.56 Å². The number of anilines is 1. The molecule has 0 spiro atoms. The number of para-hydroxylation sites is 2. The van der Waals surface area contributed by atoms with Gasteiger partial charge in [-0.05, 0) is 23.8 Å². The van der Waals surface area contributed by atoms with Crippen molar-refractivity contribution in [2.45, 2.75) is 12.7 Å². The van der Waals surface area contributed by atoms with Crippen molar-refractivity contribution in [1.82, 2.24) is 4.98 Å². The van der Waals surface area contributed by atoms with Gasteiger partial charge in [0.1, 0.15) is 0 Å². The van der Waals surface area contributed by atoms with Crippen LogP contribution in [0.2, 0.25) is 0 Å². The molecule has 0 saturated heterocycles. The average Bonchev–Trinajstić information content (AvgIpc) is 2.88. The molecular formula is C16H13F3N2. The molecule has 0 unspecified atom stereocenters. The normalized spacial score (nSPS) is 11.8. The molecule has 1 aromatic heterocycles. The molecule has 21 heavy (non-hydrogen) atoms. The van der Waals surface area contributed by atoms with Crippen molar-refractivity contribution < 1.29 is 13.2 Å². The number of hydrogen-bond acceptors (Lipinski definition) is 1. The van der Waals surface area contributed by atoms with E-state index in [1.165, 1.54) is 12.1 Å². The number of rotatable bonds is 3. The number of alkyl halides is 3. The van der Waals surface area contributed by atoms with Gasteiger partial charge in [0.25, 0.3) is 0 Å². The molecule has 0 aliphatic heterocycles. The Hall–Kier alpha value is -2.43. The van der Waals surface area contributed by atoms with Crippen LogP contribution in [0, 0.1) is 0 Å². The molecule has 0 radical (unpaired) electrons. The van der Waals surface area contributed by atoms with E-state index < -0.39 is 11.7 Å². The van der Waals surface area contributed by atoms with Crippen LogP contribution in [0.25, 0.3) is 10.9 Å². The highest BCUT2D eigenvalue weighted by Gasteiger charge is 2.33. The smallest absolute Gasteiger partial charge is 0.380 e. The molecule has 1 heterocycles. The van der Waals surface area contributed by atoms with Crippen LogP contribution in [0.4, 0.5) is 18.9 Å². The third kappa shape index (κ3) is 2.72. The summed E-state index contributed by atoms with van der Waals surface area (Å²) in [6, 6.07) is 13.2. The molecule has 0 aliphatic rings. The maximum atomic E-state index is 12.9. The van der Waals surface area contributed by atoms with Gasteiger partial charge in [0, 0.05) is 29.3 Å². The Labute approximate surface area is 119 Å². The number of halogens is 3. The molecule has 108 valence electrons. The summed E-state index contributed by atoms with van der Waals surface area (Å²) in [4.78, 5) is 3.11. The van der Waals surface area contributed by atoms with E-state index >= 15 is 0 Å². The molecule has 0 atom stereocenters. The van der Waals surface area contributed by atoms with Crippen molar-refractivity contribution in [3.8, 4) is 0 Å². The van der Waals surface area contributed by atoms with Gasteiger partial charge < -0.3 is 10.3 Å². The summed E-state index contributed by atoms with van der Waals surface area (Å²) < 4.78 is 38.8. The fourth-order valence-corrected chi connectivity index (χ4v) is 2.35. The number of aromatic nitrogens is 1. The fraction of sp³-hybridized carbons (Fsp3) is 0.125. The second-order valence-corrected chi connectivity index (χ2v) is 4.76. The molecule has 2 N–H and O–H groups in total. The minimum Gasteiger partial charge on any atom is -0.380 e. The Morgan fingerprint density at radius 3 is 2.48 bits per heavy atom. The van der Waals surface area contributed by atoms with E-state index in [4.69, 9.17) is 0 Å². The maximum Gasteiger partial charge on any atom is 0.418 e. The van der Waals surface area contributed by atoms with Gasteiger partial charge >= 0.3 is 6.18 Å². The number of nitrogens with one attached hydrogen (secondary N) is 2. The Morgan fingerprint density at radius 1 is 0.952 bits per heavy atom. The van der Waals surface area contributed by atoms with Gasteiger partial charge in [-0.15, -0.1) is 0 Å². The lowest BCUT2D eigenvalue weighted by Gasteiger charge is -2.14. The van der Waals surface area contributed by atoms with Crippen LogP contribution in [0.5, 0.6) is 0 Å². The zero-order valence-corrected chi connectivity index (χ0v) is 11.0. The van der Waals surface area contributed by atoms with Gasteiger partial charge in [-0.2, -0.15) is 13.2 Å². The Balaban J connectivity index is 1.86. The standard InChI is InChI=1S/C16H13F3N2/c17-16(18,19)13-6-2-4-8-15(13)21-10-11-9-20-14-7-3-1-5-12(11)14/h1-9,20-21H,10H2. The van der Waals surface area contributed by atoms with E-state index in [-0.39, 0.29) is 5.69 Å². The van der Waals surface area contributed by atoms with E-state index in [2.05, 4.69) is 10.3 Å². The lowest BCUT2D eigenvalue weighted by Crippen LogP contribution is -2.10. The summed E-state index contributed by atoms with van der Waals surface area (Å²) in [6.07, 6.45) is -2.54. The third-order valence-corrected chi connectivity index (χ3v) is 3.38. The minimum atomic E-state index is -4.36. The van der Waals surface area contributed by atoms with Crippen molar-refractivity contribution in [1.29, 1.82) is 0 Å². The molecule has 2 aromatic carbocycles. The third-order valence-electron chi connectivity index (χ3n) is 3.38. The first-order valence-electron chi connectivity index (χ1n) is 6.51. The summed E-state index contributed by atoms with van der Waals surface area (Å²) in [5, 5.41) is 3.88. The van der Waals surface area contributed by atoms with Gasteiger partial charge in [-0.3, -0.25) is 0 Å². The van der Waals surface area contributed by atoms with Gasteiger partial charge in [0.15, 0.2) is 0 Å². The first-order chi connectivity index (χ1) is 10.1. The first kappa shape index (κ1) is 13.5. The molecule has 0 fully saturated rings. The van der Waals surface area contributed by atoms with Gasteiger partial charge in [-0.1, -0.05) is 30.3 Å². The maximum absolute atomic E-state index is 12.9. The Morgan fingerprint density at radius 2 is 1.67 bits per heavy atom. The summed E-state index contributed by atoms with van der Waals surface area (Å²) in [7, 11) is 0. The van der Waals surface area contributed by atoms with E-state index in [0.717, 1.165) is 22.5 Å². The largest absolute Gasteiger partial charge is 0.418 e. The number of hydrogen-bond donors (Lipinski definition) is 2. The number of fused-ring (bicyclic) bond motifs is 1. The van der Waals surface area contributed by atoms with E-state index in [1.54, 1.807) is 6.07 Å². The second kappa shape index (κ2) is 5.16. The molecule has 3 rings (SSSR count). The highest BCUT2D eigenvalue weighted by Crippen LogP contribution is 2.34. The molecule has 2 nitrogen and oxygen atoms in total. The molecule has 3 aromatic rings. The zero-order chi connectivity index (χ0) is 14.9. The zero-order valence-electron chi connectivity index (χ0n) is 11.0. The average molecular weight is 290 g/mol. The highest BCUT2D eigenvalue weighted by atomic mass is 19.4. The van der Waals surface area contributed by atoms with Gasteiger partial charge in [0.2, 0.25) is 0 Å². The van der Waals surface area contributed by atoms with Crippen molar-refractivity contribution in [3.05, 3.63) is 65.9 Å². The number of H-pyrrole nitrogens is 1. The van der Waals surface area contributed by atoms with Crippen molar-refractivity contribution in [2.24, 2.45) is 0 Å². The number of aromatic amines is 1. The predicted molar refractivity (Wildman–Crippen MR) is 77.1 cm³/mol.